The molecule has 0 aliphatic rings. The minimum atomic E-state index is 0.409. The highest BCUT2D eigenvalue weighted by Crippen LogP contribution is 2.19. The monoisotopic (exact) mass is 409 g/mol. The van der Waals surface area contributed by atoms with E-state index in [0.717, 1.165) is 22.4 Å². The Morgan fingerprint density at radius 3 is 2.61 bits per heavy atom. The third-order valence-electron chi connectivity index (χ3n) is 3.89. The van der Waals surface area contributed by atoms with Crippen LogP contribution in [0.1, 0.15) is 16.7 Å². The summed E-state index contributed by atoms with van der Waals surface area (Å²) in [5.41, 5.74) is 5.81. The van der Waals surface area contributed by atoms with Gasteiger partial charge >= 0.3 is 0 Å². The molecule has 0 aliphatic carbocycles. The van der Waals surface area contributed by atoms with E-state index in [1.165, 1.54) is 0 Å². The number of ether oxygens (including phenoxy) is 1. The van der Waals surface area contributed by atoms with Crippen molar-refractivity contribution in [2.45, 2.75) is 13.2 Å². The summed E-state index contributed by atoms with van der Waals surface area (Å²) in [5, 5.41) is 8.44. The lowest BCUT2D eigenvalue weighted by Gasteiger charge is -2.08. The molecule has 0 saturated heterocycles. The predicted octanol–water partition coefficient (Wildman–Crippen LogP) is 4.92. The number of nitrogens with zero attached hydrogens (tertiary/aromatic N) is 1. The molecule has 2 N–H and O–H groups in total. The number of rotatable bonds is 7. The summed E-state index contributed by atoms with van der Waals surface area (Å²) in [6.07, 6.45) is 1.69. The molecule has 0 unspecified atom stereocenters. The van der Waals surface area contributed by atoms with Crippen LogP contribution in [0.4, 0.5) is 0 Å². The average molecular weight is 410 g/mol. The van der Waals surface area contributed by atoms with Crippen LogP contribution in [-0.4, -0.2) is 11.3 Å². The van der Waals surface area contributed by atoms with Gasteiger partial charge in [-0.25, -0.2) is 0 Å². The Morgan fingerprint density at radius 1 is 1.00 bits per heavy atom. The van der Waals surface area contributed by atoms with E-state index < -0.39 is 0 Å². The van der Waals surface area contributed by atoms with Crippen LogP contribution >= 0.6 is 23.8 Å². The molecule has 0 heterocycles. The average Bonchev–Trinajstić information content (AvgIpc) is 2.73. The SMILES string of the molecule is S=C(NCc1ccccc1)N/N=C/c1cccc(OCc2ccccc2Cl)c1. The first-order chi connectivity index (χ1) is 13.7. The highest BCUT2D eigenvalue weighted by molar-refractivity contribution is 7.80. The summed E-state index contributed by atoms with van der Waals surface area (Å²) in [4.78, 5) is 0. The topological polar surface area (TPSA) is 45.7 Å². The van der Waals surface area contributed by atoms with Gasteiger partial charge in [0.25, 0.3) is 0 Å². The van der Waals surface area contributed by atoms with Gasteiger partial charge in [0, 0.05) is 17.1 Å². The molecule has 0 aliphatic heterocycles. The zero-order valence-electron chi connectivity index (χ0n) is 15.1. The molecule has 0 aromatic heterocycles. The Morgan fingerprint density at radius 2 is 1.79 bits per heavy atom. The molecule has 0 saturated carbocycles. The van der Waals surface area contributed by atoms with E-state index in [0.29, 0.717) is 23.3 Å². The maximum Gasteiger partial charge on any atom is 0.187 e. The molecule has 3 aromatic rings. The molecular formula is C22H20ClN3OS. The smallest absolute Gasteiger partial charge is 0.187 e. The van der Waals surface area contributed by atoms with E-state index in [-0.39, 0.29) is 0 Å². The first-order valence-electron chi connectivity index (χ1n) is 8.78. The fourth-order valence-electron chi connectivity index (χ4n) is 2.44. The molecule has 0 amide bonds. The number of hydrogen-bond donors (Lipinski definition) is 2. The molecule has 3 rings (SSSR count). The minimum absolute atomic E-state index is 0.409. The van der Waals surface area contributed by atoms with Crippen molar-refractivity contribution in [2.24, 2.45) is 5.10 Å². The van der Waals surface area contributed by atoms with Gasteiger partial charge in [0.15, 0.2) is 5.11 Å². The van der Waals surface area contributed by atoms with Crippen LogP contribution in [0.15, 0.2) is 84.0 Å². The third kappa shape index (κ3) is 6.37. The molecular weight excluding hydrogens is 390 g/mol. The number of benzene rings is 3. The van der Waals surface area contributed by atoms with Gasteiger partial charge in [-0.15, -0.1) is 0 Å². The van der Waals surface area contributed by atoms with Crippen LogP contribution in [0, 0.1) is 0 Å². The molecule has 0 spiro atoms. The Labute approximate surface area is 175 Å². The lowest BCUT2D eigenvalue weighted by Crippen LogP contribution is -2.31. The standard InChI is InChI=1S/C22H20ClN3OS/c23-21-12-5-4-10-19(21)16-27-20-11-6-9-18(13-20)15-25-26-22(28)24-14-17-7-2-1-3-8-17/h1-13,15H,14,16H2,(H2,24,26,28)/b25-15+. The Bertz CT molecular complexity index is 947. The molecule has 0 fully saturated rings. The van der Waals surface area contributed by atoms with Gasteiger partial charge in [-0.2, -0.15) is 5.10 Å². The highest BCUT2D eigenvalue weighted by Gasteiger charge is 2.01. The first-order valence-corrected chi connectivity index (χ1v) is 9.56. The van der Waals surface area contributed by atoms with Gasteiger partial charge in [-0.3, -0.25) is 5.43 Å². The van der Waals surface area contributed by atoms with Crippen LogP contribution in [0.3, 0.4) is 0 Å². The minimum Gasteiger partial charge on any atom is -0.489 e. The van der Waals surface area contributed by atoms with Crippen molar-refractivity contribution in [1.29, 1.82) is 0 Å². The van der Waals surface area contributed by atoms with Crippen LogP contribution in [0.25, 0.3) is 0 Å². The molecule has 6 heteroatoms. The normalized spacial score (nSPS) is 10.6. The first kappa shape index (κ1) is 19.9. The van der Waals surface area contributed by atoms with Crippen molar-refractivity contribution in [3.05, 3.63) is 101 Å². The fraction of sp³-hybridized carbons (Fsp3) is 0.0909. The molecule has 0 radical (unpaired) electrons. The molecule has 0 bridgehead atoms. The Balaban J connectivity index is 1.48. The van der Waals surface area contributed by atoms with Gasteiger partial charge in [-0.05, 0) is 41.5 Å². The largest absolute Gasteiger partial charge is 0.489 e. The third-order valence-corrected chi connectivity index (χ3v) is 4.49. The number of halogens is 1. The van der Waals surface area contributed by atoms with Crippen LogP contribution in [0.5, 0.6) is 5.75 Å². The zero-order chi connectivity index (χ0) is 19.6. The second-order valence-corrected chi connectivity index (χ2v) is 6.81. The summed E-state index contributed by atoms with van der Waals surface area (Å²) in [7, 11) is 0. The van der Waals surface area contributed by atoms with Gasteiger partial charge in [0.05, 0.1) is 6.21 Å². The number of hydrogen-bond acceptors (Lipinski definition) is 3. The van der Waals surface area contributed by atoms with Crippen molar-refractivity contribution in [3.63, 3.8) is 0 Å². The van der Waals surface area contributed by atoms with Crippen molar-refractivity contribution in [1.82, 2.24) is 10.7 Å². The fourth-order valence-corrected chi connectivity index (χ4v) is 2.76. The Hall–Kier alpha value is -2.89. The van der Waals surface area contributed by atoms with Crippen molar-refractivity contribution < 1.29 is 4.74 Å². The van der Waals surface area contributed by atoms with Crippen LogP contribution in [-0.2, 0) is 13.2 Å². The van der Waals surface area contributed by atoms with Gasteiger partial charge < -0.3 is 10.1 Å². The second kappa shape index (κ2) is 10.4. The molecule has 0 atom stereocenters. The zero-order valence-corrected chi connectivity index (χ0v) is 16.7. The van der Waals surface area contributed by atoms with E-state index in [1.807, 2.05) is 78.9 Å². The summed E-state index contributed by atoms with van der Waals surface area (Å²) in [5.74, 6) is 0.744. The maximum absolute atomic E-state index is 6.16. The van der Waals surface area contributed by atoms with E-state index in [4.69, 9.17) is 28.6 Å². The summed E-state index contributed by atoms with van der Waals surface area (Å²) in [6.45, 7) is 1.06. The van der Waals surface area contributed by atoms with Crippen molar-refractivity contribution >= 4 is 35.1 Å². The van der Waals surface area contributed by atoms with Gasteiger partial charge in [0.2, 0.25) is 0 Å². The summed E-state index contributed by atoms with van der Waals surface area (Å²) in [6, 6.07) is 25.3. The lowest BCUT2D eigenvalue weighted by molar-refractivity contribution is 0.306. The van der Waals surface area contributed by atoms with Gasteiger partial charge in [-0.1, -0.05) is 72.3 Å². The Kier molecular flexibility index (Phi) is 7.41. The highest BCUT2D eigenvalue weighted by atomic mass is 35.5. The summed E-state index contributed by atoms with van der Waals surface area (Å²) >= 11 is 11.4. The van der Waals surface area contributed by atoms with Crippen molar-refractivity contribution in [2.75, 3.05) is 0 Å². The van der Waals surface area contributed by atoms with Crippen LogP contribution < -0.4 is 15.5 Å². The van der Waals surface area contributed by atoms with Crippen molar-refractivity contribution in [3.8, 4) is 5.75 Å². The number of thiocarbonyl (C=S) groups is 1. The lowest BCUT2D eigenvalue weighted by atomic mass is 10.2. The molecule has 28 heavy (non-hydrogen) atoms. The quantitative estimate of drug-likeness (QED) is 0.330. The van der Waals surface area contributed by atoms with E-state index >= 15 is 0 Å². The molecule has 3 aromatic carbocycles. The number of hydrazone groups is 1. The van der Waals surface area contributed by atoms with E-state index in [1.54, 1.807) is 6.21 Å². The van der Waals surface area contributed by atoms with Gasteiger partial charge in [0.1, 0.15) is 12.4 Å². The summed E-state index contributed by atoms with van der Waals surface area (Å²) < 4.78 is 5.82. The number of nitrogens with one attached hydrogen (secondary N) is 2. The molecule has 4 nitrogen and oxygen atoms in total. The second-order valence-electron chi connectivity index (χ2n) is 5.99. The molecule has 142 valence electrons. The van der Waals surface area contributed by atoms with E-state index in [2.05, 4.69) is 15.8 Å². The van der Waals surface area contributed by atoms with Crippen LogP contribution in [0.2, 0.25) is 5.02 Å². The van der Waals surface area contributed by atoms with E-state index in [9.17, 15) is 0 Å². The predicted molar refractivity (Wildman–Crippen MR) is 119 cm³/mol. The maximum atomic E-state index is 6.16.